The third kappa shape index (κ3) is 4.33. The van der Waals surface area contributed by atoms with E-state index in [-0.39, 0.29) is 5.91 Å². The van der Waals surface area contributed by atoms with Gasteiger partial charge in [-0.1, -0.05) is 6.07 Å². The van der Waals surface area contributed by atoms with Crippen LogP contribution in [0.15, 0.2) is 18.2 Å². The number of anilines is 1. The molecule has 0 spiro atoms. The summed E-state index contributed by atoms with van der Waals surface area (Å²) in [6, 6.07) is 6.22. The number of amides is 1. The molecule has 0 atom stereocenters. The Kier molecular flexibility index (Phi) is 5.36. The van der Waals surface area contributed by atoms with Crippen LogP contribution in [0.4, 0.5) is 5.69 Å². The lowest BCUT2D eigenvalue weighted by molar-refractivity contribution is -0.115. The zero-order valence-corrected chi connectivity index (χ0v) is 11.5. The minimum atomic E-state index is 0.00960. The van der Waals surface area contributed by atoms with Crippen LogP contribution in [-0.4, -0.2) is 32.7 Å². The molecule has 4 nitrogen and oxygen atoms in total. The molecule has 0 bridgehead atoms. The second-order valence-electron chi connectivity index (χ2n) is 4.91. The predicted octanol–water partition coefficient (Wildman–Crippen LogP) is 1.74. The molecule has 0 saturated heterocycles. The van der Waals surface area contributed by atoms with Gasteiger partial charge < -0.3 is 15.4 Å². The molecule has 1 aromatic carbocycles. The molecule has 0 aromatic heterocycles. The van der Waals surface area contributed by atoms with Crippen molar-refractivity contribution in [3.8, 4) is 0 Å². The van der Waals surface area contributed by atoms with Crippen LogP contribution in [0, 0.1) is 0 Å². The van der Waals surface area contributed by atoms with E-state index in [0.717, 1.165) is 31.7 Å². The largest absolute Gasteiger partial charge is 0.385 e. The van der Waals surface area contributed by atoms with Gasteiger partial charge in [0.25, 0.3) is 0 Å². The van der Waals surface area contributed by atoms with E-state index in [9.17, 15) is 4.79 Å². The second kappa shape index (κ2) is 7.26. The summed E-state index contributed by atoms with van der Waals surface area (Å²) < 4.78 is 4.95. The van der Waals surface area contributed by atoms with Gasteiger partial charge in [-0.05, 0) is 55.5 Å². The third-order valence-corrected chi connectivity index (χ3v) is 3.37. The standard InChI is InChI=1S/C15H22N2O2/c1-19-9-3-8-16-11-15(18)17-14-7-6-12-4-2-5-13(12)10-14/h6-7,10,16H,2-5,8-9,11H2,1H3,(H,17,18). The first-order valence-electron chi connectivity index (χ1n) is 6.91. The van der Waals surface area contributed by atoms with Gasteiger partial charge in [-0.2, -0.15) is 0 Å². The molecule has 1 aliphatic carbocycles. The number of rotatable bonds is 7. The summed E-state index contributed by atoms with van der Waals surface area (Å²) in [7, 11) is 1.68. The molecule has 0 saturated carbocycles. The lowest BCUT2D eigenvalue weighted by atomic mass is 10.1. The van der Waals surface area contributed by atoms with E-state index in [1.54, 1.807) is 7.11 Å². The third-order valence-electron chi connectivity index (χ3n) is 3.37. The fourth-order valence-corrected chi connectivity index (χ4v) is 2.40. The Morgan fingerprint density at radius 1 is 1.32 bits per heavy atom. The van der Waals surface area contributed by atoms with Crippen LogP contribution >= 0.6 is 0 Å². The van der Waals surface area contributed by atoms with E-state index in [0.29, 0.717) is 6.54 Å². The number of aryl methyl sites for hydroxylation is 2. The second-order valence-corrected chi connectivity index (χ2v) is 4.91. The molecule has 19 heavy (non-hydrogen) atoms. The van der Waals surface area contributed by atoms with Crippen molar-refractivity contribution >= 4 is 11.6 Å². The van der Waals surface area contributed by atoms with E-state index >= 15 is 0 Å². The smallest absolute Gasteiger partial charge is 0.238 e. The molecule has 0 heterocycles. The first-order valence-corrected chi connectivity index (χ1v) is 6.91. The number of carbonyl (C=O) groups excluding carboxylic acids is 1. The number of benzene rings is 1. The SMILES string of the molecule is COCCCNCC(=O)Nc1ccc2c(c1)CCC2. The fourth-order valence-electron chi connectivity index (χ4n) is 2.40. The molecule has 0 fully saturated rings. The minimum Gasteiger partial charge on any atom is -0.385 e. The van der Waals surface area contributed by atoms with Crippen molar-refractivity contribution in [1.29, 1.82) is 0 Å². The summed E-state index contributed by atoms with van der Waals surface area (Å²) in [5.41, 5.74) is 3.71. The number of fused-ring (bicyclic) bond motifs is 1. The lowest BCUT2D eigenvalue weighted by Crippen LogP contribution is -2.29. The van der Waals surface area contributed by atoms with E-state index in [1.807, 2.05) is 6.07 Å². The Labute approximate surface area is 114 Å². The van der Waals surface area contributed by atoms with Crippen molar-refractivity contribution in [2.24, 2.45) is 0 Å². The van der Waals surface area contributed by atoms with Crippen LogP contribution in [0.25, 0.3) is 0 Å². The highest BCUT2D eigenvalue weighted by atomic mass is 16.5. The molecule has 2 N–H and O–H groups in total. The van der Waals surface area contributed by atoms with E-state index in [1.165, 1.54) is 24.0 Å². The van der Waals surface area contributed by atoms with Crippen LogP contribution in [0.1, 0.15) is 24.0 Å². The molecule has 0 unspecified atom stereocenters. The molecule has 0 aliphatic heterocycles. The van der Waals surface area contributed by atoms with Gasteiger partial charge in [0.15, 0.2) is 0 Å². The zero-order chi connectivity index (χ0) is 13.5. The summed E-state index contributed by atoms with van der Waals surface area (Å²) in [4.78, 5) is 11.7. The van der Waals surface area contributed by atoms with Gasteiger partial charge in [0.05, 0.1) is 6.54 Å². The highest BCUT2D eigenvalue weighted by Crippen LogP contribution is 2.24. The number of hydrogen-bond donors (Lipinski definition) is 2. The Morgan fingerprint density at radius 3 is 3.00 bits per heavy atom. The summed E-state index contributed by atoms with van der Waals surface area (Å²) in [6.07, 6.45) is 4.45. The van der Waals surface area contributed by atoms with Crippen molar-refractivity contribution < 1.29 is 9.53 Å². The monoisotopic (exact) mass is 262 g/mol. The van der Waals surface area contributed by atoms with Crippen molar-refractivity contribution in [3.05, 3.63) is 29.3 Å². The molecule has 104 valence electrons. The maximum atomic E-state index is 11.7. The minimum absolute atomic E-state index is 0.00960. The Hall–Kier alpha value is -1.39. The molecule has 0 radical (unpaired) electrons. The number of carbonyl (C=O) groups is 1. The van der Waals surface area contributed by atoms with Crippen molar-refractivity contribution in [2.45, 2.75) is 25.7 Å². The molecular weight excluding hydrogens is 240 g/mol. The summed E-state index contributed by atoms with van der Waals surface area (Å²) >= 11 is 0. The molecule has 2 rings (SSSR count). The van der Waals surface area contributed by atoms with E-state index < -0.39 is 0 Å². The van der Waals surface area contributed by atoms with Crippen molar-refractivity contribution in [2.75, 3.05) is 32.1 Å². The van der Waals surface area contributed by atoms with E-state index in [2.05, 4.69) is 22.8 Å². The average molecular weight is 262 g/mol. The van der Waals surface area contributed by atoms with Crippen molar-refractivity contribution in [1.82, 2.24) is 5.32 Å². The van der Waals surface area contributed by atoms with Gasteiger partial charge in [-0.15, -0.1) is 0 Å². The topological polar surface area (TPSA) is 50.4 Å². The summed E-state index contributed by atoms with van der Waals surface area (Å²) in [5, 5.41) is 6.03. The maximum Gasteiger partial charge on any atom is 0.238 e. The first kappa shape index (κ1) is 14.0. The quantitative estimate of drug-likeness (QED) is 0.736. The van der Waals surface area contributed by atoms with Gasteiger partial charge in [-0.3, -0.25) is 4.79 Å². The highest BCUT2D eigenvalue weighted by Gasteiger charge is 2.11. The highest BCUT2D eigenvalue weighted by molar-refractivity contribution is 5.92. The van der Waals surface area contributed by atoms with E-state index in [4.69, 9.17) is 4.74 Å². The Morgan fingerprint density at radius 2 is 2.16 bits per heavy atom. The summed E-state index contributed by atoms with van der Waals surface area (Å²) in [5.74, 6) is 0.00960. The first-order chi connectivity index (χ1) is 9.29. The number of methoxy groups -OCH3 is 1. The summed E-state index contributed by atoms with van der Waals surface area (Å²) in [6.45, 7) is 1.87. The molecule has 1 amide bonds. The predicted molar refractivity (Wildman–Crippen MR) is 76.5 cm³/mol. The Balaban J connectivity index is 1.73. The molecular formula is C15H22N2O2. The van der Waals surface area contributed by atoms with Crippen LogP contribution in [0.3, 0.4) is 0 Å². The lowest BCUT2D eigenvalue weighted by Gasteiger charge is -2.08. The number of nitrogens with one attached hydrogen (secondary N) is 2. The van der Waals surface area contributed by atoms with Crippen molar-refractivity contribution in [3.63, 3.8) is 0 Å². The van der Waals surface area contributed by atoms with Crippen LogP contribution in [0.2, 0.25) is 0 Å². The molecule has 1 aliphatic rings. The molecule has 4 heteroatoms. The van der Waals surface area contributed by atoms with Crippen LogP contribution < -0.4 is 10.6 Å². The van der Waals surface area contributed by atoms with Gasteiger partial charge in [0, 0.05) is 19.4 Å². The van der Waals surface area contributed by atoms with Crippen LogP contribution in [0.5, 0.6) is 0 Å². The number of hydrogen-bond acceptors (Lipinski definition) is 3. The zero-order valence-electron chi connectivity index (χ0n) is 11.5. The maximum absolute atomic E-state index is 11.7. The average Bonchev–Trinajstić information content (AvgIpc) is 2.86. The van der Waals surface area contributed by atoms with Gasteiger partial charge in [0.1, 0.15) is 0 Å². The van der Waals surface area contributed by atoms with Gasteiger partial charge in [-0.25, -0.2) is 0 Å². The van der Waals surface area contributed by atoms with Gasteiger partial charge in [0.2, 0.25) is 5.91 Å². The molecule has 1 aromatic rings. The van der Waals surface area contributed by atoms with Gasteiger partial charge >= 0.3 is 0 Å². The Bertz CT molecular complexity index is 432. The normalized spacial score (nSPS) is 13.3. The number of ether oxygens (including phenoxy) is 1. The van der Waals surface area contributed by atoms with Crippen LogP contribution in [-0.2, 0) is 22.4 Å². The fraction of sp³-hybridized carbons (Fsp3) is 0.533.